The van der Waals surface area contributed by atoms with Gasteiger partial charge in [0.15, 0.2) is 5.82 Å². The van der Waals surface area contributed by atoms with Crippen molar-refractivity contribution in [2.75, 3.05) is 13.1 Å². The van der Waals surface area contributed by atoms with E-state index in [4.69, 9.17) is 4.52 Å². The van der Waals surface area contributed by atoms with Crippen LogP contribution in [0, 0.1) is 6.92 Å². The van der Waals surface area contributed by atoms with Crippen molar-refractivity contribution in [3.05, 3.63) is 41.8 Å². The van der Waals surface area contributed by atoms with Crippen molar-refractivity contribution in [2.24, 2.45) is 0 Å². The van der Waals surface area contributed by atoms with Crippen LogP contribution in [-0.4, -0.2) is 44.0 Å². The molecule has 4 rings (SSSR count). The quantitative estimate of drug-likeness (QED) is 0.780. The number of aromatic amines is 1. The largest absolute Gasteiger partial charge is 0.345 e. The highest BCUT2D eigenvalue weighted by Gasteiger charge is 2.31. The fourth-order valence-corrected chi connectivity index (χ4v) is 2.88. The number of aromatic nitrogens is 4. The lowest BCUT2D eigenvalue weighted by atomic mass is 10.1. The zero-order valence-corrected chi connectivity index (χ0v) is 12.1. The van der Waals surface area contributed by atoms with Crippen molar-refractivity contribution >= 4 is 16.9 Å². The standard InChI is InChI=1S/C15H15N5O2/c1-9-18-14(22-19-9)11-4-5-20(7-11)15(21)10-2-3-12-13(6-10)17-8-16-12/h2-3,6,8,11H,4-5,7H2,1H3,(H,16,17). The zero-order valence-electron chi connectivity index (χ0n) is 12.1. The van der Waals surface area contributed by atoms with E-state index in [0.717, 1.165) is 17.5 Å². The number of hydrogen-bond donors (Lipinski definition) is 1. The molecule has 3 heterocycles. The number of carbonyl (C=O) groups excluding carboxylic acids is 1. The number of fused-ring (bicyclic) bond motifs is 1. The van der Waals surface area contributed by atoms with Crippen molar-refractivity contribution in [3.8, 4) is 0 Å². The predicted octanol–water partition coefficient (Wildman–Crippen LogP) is 1.88. The third kappa shape index (κ3) is 2.14. The lowest BCUT2D eigenvalue weighted by Gasteiger charge is -2.15. The monoisotopic (exact) mass is 297 g/mol. The van der Waals surface area contributed by atoms with Gasteiger partial charge in [0.1, 0.15) is 0 Å². The minimum Gasteiger partial charge on any atom is -0.345 e. The van der Waals surface area contributed by atoms with Crippen molar-refractivity contribution in [2.45, 2.75) is 19.3 Å². The van der Waals surface area contributed by atoms with Crippen molar-refractivity contribution < 1.29 is 9.32 Å². The fourth-order valence-electron chi connectivity index (χ4n) is 2.88. The Morgan fingerprint density at radius 3 is 3.18 bits per heavy atom. The Kier molecular flexibility index (Phi) is 2.92. The normalized spacial score (nSPS) is 18.2. The van der Waals surface area contributed by atoms with E-state index in [1.165, 1.54) is 0 Å². The first-order chi connectivity index (χ1) is 10.7. The molecular weight excluding hydrogens is 282 g/mol. The van der Waals surface area contributed by atoms with Gasteiger partial charge in [-0.25, -0.2) is 4.98 Å². The van der Waals surface area contributed by atoms with Crippen LogP contribution < -0.4 is 0 Å². The van der Waals surface area contributed by atoms with Gasteiger partial charge in [-0.3, -0.25) is 4.79 Å². The molecule has 0 saturated carbocycles. The Morgan fingerprint density at radius 2 is 2.36 bits per heavy atom. The van der Waals surface area contributed by atoms with E-state index in [0.29, 0.717) is 30.4 Å². The molecular formula is C15H15N5O2. The van der Waals surface area contributed by atoms with Crippen LogP contribution in [0.25, 0.3) is 11.0 Å². The van der Waals surface area contributed by atoms with Crippen LogP contribution in [0.3, 0.4) is 0 Å². The number of rotatable bonds is 2. The number of benzene rings is 1. The van der Waals surface area contributed by atoms with Gasteiger partial charge in [-0.15, -0.1) is 0 Å². The van der Waals surface area contributed by atoms with E-state index < -0.39 is 0 Å². The maximum Gasteiger partial charge on any atom is 0.253 e. The van der Waals surface area contributed by atoms with Crippen LogP contribution in [-0.2, 0) is 0 Å². The first kappa shape index (κ1) is 13.0. The second kappa shape index (κ2) is 4.94. The van der Waals surface area contributed by atoms with Gasteiger partial charge in [0.25, 0.3) is 5.91 Å². The molecule has 1 aromatic carbocycles. The van der Waals surface area contributed by atoms with Gasteiger partial charge < -0.3 is 14.4 Å². The molecule has 0 aliphatic carbocycles. The van der Waals surface area contributed by atoms with Gasteiger partial charge in [0.05, 0.1) is 23.3 Å². The summed E-state index contributed by atoms with van der Waals surface area (Å²) in [6.07, 6.45) is 2.47. The van der Waals surface area contributed by atoms with Crippen LogP contribution in [0.2, 0.25) is 0 Å². The number of amides is 1. The number of likely N-dealkylation sites (tertiary alicyclic amines) is 1. The first-order valence-corrected chi connectivity index (χ1v) is 7.23. The van der Waals surface area contributed by atoms with E-state index in [-0.39, 0.29) is 11.8 Å². The van der Waals surface area contributed by atoms with Gasteiger partial charge in [0.2, 0.25) is 5.89 Å². The van der Waals surface area contributed by atoms with Crippen molar-refractivity contribution in [1.82, 2.24) is 25.0 Å². The molecule has 1 N–H and O–H groups in total. The number of imidazole rings is 1. The summed E-state index contributed by atoms with van der Waals surface area (Å²) in [5.74, 6) is 1.40. The van der Waals surface area contributed by atoms with Crippen molar-refractivity contribution in [3.63, 3.8) is 0 Å². The molecule has 1 unspecified atom stereocenters. The van der Waals surface area contributed by atoms with Crippen molar-refractivity contribution in [1.29, 1.82) is 0 Å². The minimum atomic E-state index is 0.0234. The molecule has 7 nitrogen and oxygen atoms in total. The fraction of sp³-hybridized carbons (Fsp3) is 0.333. The minimum absolute atomic E-state index is 0.0234. The Bertz CT molecular complexity index is 837. The number of carbonyl (C=O) groups is 1. The molecule has 3 aromatic rings. The average molecular weight is 297 g/mol. The molecule has 0 spiro atoms. The molecule has 22 heavy (non-hydrogen) atoms. The molecule has 1 aliphatic rings. The lowest BCUT2D eigenvalue weighted by Crippen LogP contribution is -2.28. The number of aryl methyl sites for hydroxylation is 1. The van der Waals surface area contributed by atoms with E-state index in [1.807, 2.05) is 23.1 Å². The summed E-state index contributed by atoms with van der Waals surface area (Å²) in [4.78, 5) is 25.9. The first-order valence-electron chi connectivity index (χ1n) is 7.23. The Labute approximate surface area is 126 Å². The second-order valence-electron chi connectivity index (χ2n) is 5.55. The van der Waals surface area contributed by atoms with Crippen LogP contribution in [0.5, 0.6) is 0 Å². The van der Waals surface area contributed by atoms with Crippen LogP contribution >= 0.6 is 0 Å². The third-order valence-corrected chi connectivity index (χ3v) is 4.04. The third-order valence-electron chi connectivity index (χ3n) is 4.04. The maximum atomic E-state index is 12.6. The van der Waals surface area contributed by atoms with E-state index in [9.17, 15) is 4.79 Å². The molecule has 0 radical (unpaired) electrons. The smallest absolute Gasteiger partial charge is 0.253 e. The van der Waals surface area contributed by atoms with E-state index in [1.54, 1.807) is 13.3 Å². The molecule has 2 aromatic heterocycles. The second-order valence-corrected chi connectivity index (χ2v) is 5.55. The summed E-state index contributed by atoms with van der Waals surface area (Å²) in [7, 11) is 0. The highest BCUT2D eigenvalue weighted by atomic mass is 16.5. The van der Waals surface area contributed by atoms with Gasteiger partial charge >= 0.3 is 0 Å². The van der Waals surface area contributed by atoms with E-state index in [2.05, 4.69) is 20.1 Å². The Morgan fingerprint density at radius 1 is 1.45 bits per heavy atom. The van der Waals surface area contributed by atoms with E-state index >= 15 is 0 Å². The predicted molar refractivity (Wildman–Crippen MR) is 78.4 cm³/mol. The topological polar surface area (TPSA) is 87.9 Å². The molecule has 112 valence electrons. The summed E-state index contributed by atoms with van der Waals surface area (Å²) < 4.78 is 5.22. The zero-order chi connectivity index (χ0) is 15.1. The number of nitrogens with zero attached hydrogens (tertiary/aromatic N) is 4. The molecule has 1 amide bonds. The SMILES string of the molecule is Cc1noc(C2CCN(C(=O)c3ccc4nc[nH]c4c3)C2)n1. The van der Waals surface area contributed by atoms with Crippen LogP contribution in [0.4, 0.5) is 0 Å². The summed E-state index contributed by atoms with van der Waals surface area (Å²) >= 11 is 0. The highest BCUT2D eigenvalue weighted by molar-refractivity contribution is 5.97. The van der Waals surface area contributed by atoms with Crippen LogP contribution in [0.15, 0.2) is 29.0 Å². The summed E-state index contributed by atoms with van der Waals surface area (Å²) in [5, 5.41) is 3.82. The number of hydrogen-bond acceptors (Lipinski definition) is 5. The molecule has 1 aliphatic heterocycles. The van der Waals surface area contributed by atoms with Gasteiger partial charge in [0, 0.05) is 18.7 Å². The van der Waals surface area contributed by atoms with Gasteiger partial charge in [-0.1, -0.05) is 5.16 Å². The molecule has 1 atom stereocenters. The Hall–Kier alpha value is -2.70. The lowest BCUT2D eigenvalue weighted by molar-refractivity contribution is 0.0789. The van der Waals surface area contributed by atoms with Crippen LogP contribution in [0.1, 0.15) is 34.4 Å². The van der Waals surface area contributed by atoms with Gasteiger partial charge in [-0.2, -0.15) is 4.98 Å². The highest BCUT2D eigenvalue weighted by Crippen LogP contribution is 2.27. The Balaban J connectivity index is 1.53. The summed E-state index contributed by atoms with van der Waals surface area (Å²) in [5.41, 5.74) is 2.39. The average Bonchev–Trinajstić information content (AvgIpc) is 3.25. The summed E-state index contributed by atoms with van der Waals surface area (Å²) in [6, 6.07) is 5.51. The molecule has 1 saturated heterocycles. The molecule has 1 fully saturated rings. The maximum absolute atomic E-state index is 12.6. The number of nitrogens with one attached hydrogen (secondary N) is 1. The van der Waals surface area contributed by atoms with Gasteiger partial charge in [-0.05, 0) is 31.5 Å². The number of H-pyrrole nitrogens is 1. The summed E-state index contributed by atoms with van der Waals surface area (Å²) in [6.45, 7) is 3.11. The molecule has 0 bridgehead atoms. The molecule has 7 heteroatoms.